The van der Waals surface area contributed by atoms with Crippen LogP contribution in [-0.4, -0.2) is 47.2 Å². The number of nitrogens with one attached hydrogen (secondary N) is 1. The van der Waals surface area contributed by atoms with Crippen LogP contribution in [0.1, 0.15) is 41.7 Å². The maximum absolute atomic E-state index is 13.2. The van der Waals surface area contributed by atoms with Gasteiger partial charge in [-0.3, -0.25) is 9.59 Å². The van der Waals surface area contributed by atoms with Gasteiger partial charge in [-0.2, -0.15) is 0 Å². The molecule has 6 nitrogen and oxygen atoms in total. The molecule has 3 rings (SSSR count). The SMILES string of the molecule is COC(=O)C(=O)CN(C(=O)c1[nH]c2ccccc2c1C)C1CCCC1. The van der Waals surface area contributed by atoms with Crippen LogP contribution in [0.3, 0.4) is 0 Å². The maximum Gasteiger partial charge on any atom is 0.376 e. The van der Waals surface area contributed by atoms with E-state index in [1.54, 1.807) is 0 Å². The topological polar surface area (TPSA) is 79.5 Å². The largest absolute Gasteiger partial charge is 0.463 e. The zero-order valence-electron chi connectivity index (χ0n) is 14.5. The fraction of sp³-hybridized carbons (Fsp3) is 0.421. The van der Waals surface area contributed by atoms with Crippen LogP contribution in [0.15, 0.2) is 24.3 Å². The second-order valence-corrected chi connectivity index (χ2v) is 6.46. The molecule has 25 heavy (non-hydrogen) atoms. The zero-order chi connectivity index (χ0) is 18.0. The number of aryl methyl sites for hydroxylation is 1. The monoisotopic (exact) mass is 342 g/mol. The summed E-state index contributed by atoms with van der Waals surface area (Å²) in [6.45, 7) is 1.64. The third-order valence-electron chi connectivity index (χ3n) is 4.93. The molecule has 132 valence electrons. The number of H-pyrrole nitrogens is 1. The van der Waals surface area contributed by atoms with Gasteiger partial charge in [0.2, 0.25) is 0 Å². The van der Waals surface area contributed by atoms with E-state index in [1.165, 1.54) is 12.0 Å². The molecule has 1 N–H and O–H groups in total. The number of aromatic amines is 1. The standard InChI is InChI=1S/C19H22N2O4/c1-12-14-9-5-6-10-15(14)20-17(12)18(23)21(13-7-3-4-8-13)11-16(22)19(24)25-2/h5-6,9-10,13,20H,3-4,7-8,11H2,1-2H3. The minimum atomic E-state index is -0.913. The Morgan fingerprint density at radius 3 is 2.52 bits per heavy atom. The van der Waals surface area contributed by atoms with Crippen LogP contribution in [0.5, 0.6) is 0 Å². The minimum absolute atomic E-state index is 0.0214. The number of nitrogens with zero attached hydrogens (tertiary/aromatic N) is 1. The lowest BCUT2D eigenvalue weighted by Crippen LogP contribution is -2.44. The number of hydrogen-bond donors (Lipinski definition) is 1. The molecule has 0 bridgehead atoms. The molecule has 0 aliphatic heterocycles. The molecule has 1 aromatic carbocycles. The highest BCUT2D eigenvalue weighted by molar-refractivity contribution is 6.34. The Hall–Kier alpha value is -2.63. The van der Waals surface area contributed by atoms with Crippen LogP contribution in [0, 0.1) is 6.92 Å². The van der Waals surface area contributed by atoms with Gasteiger partial charge in [-0.15, -0.1) is 0 Å². The number of carbonyl (C=O) groups is 3. The number of carbonyl (C=O) groups excluding carboxylic acids is 3. The number of aromatic nitrogens is 1. The number of hydrogen-bond acceptors (Lipinski definition) is 4. The second-order valence-electron chi connectivity index (χ2n) is 6.46. The third-order valence-corrected chi connectivity index (χ3v) is 4.93. The van der Waals surface area contributed by atoms with Crippen LogP contribution in [0.25, 0.3) is 10.9 Å². The molecule has 1 aliphatic rings. The minimum Gasteiger partial charge on any atom is -0.463 e. The Morgan fingerprint density at radius 1 is 1.20 bits per heavy atom. The Bertz CT molecular complexity index is 818. The molecule has 0 unspecified atom stereocenters. The van der Waals surface area contributed by atoms with Gasteiger partial charge in [0.1, 0.15) is 5.69 Å². The lowest BCUT2D eigenvalue weighted by Gasteiger charge is -2.28. The summed E-state index contributed by atoms with van der Waals surface area (Å²) in [5, 5.41) is 0.983. The van der Waals surface area contributed by atoms with E-state index in [9.17, 15) is 14.4 Å². The Morgan fingerprint density at radius 2 is 1.88 bits per heavy atom. The number of amides is 1. The molecule has 2 aromatic rings. The van der Waals surface area contributed by atoms with Gasteiger partial charge in [-0.1, -0.05) is 31.0 Å². The Balaban J connectivity index is 1.93. The zero-order valence-corrected chi connectivity index (χ0v) is 14.5. The van der Waals surface area contributed by atoms with Crippen molar-refractivity contribution in [2.75, 3.05) is 13.7 Å². The number of para-hydroxylation sites is 1. The summed E-state index contributed by atoms with van der Waals surface area (Å²) in [5.41, 5.74) is 2.22. The molecule has 1 amide bonds. The van der Waals surface area contributed by atoms with Crippen LogP contribution >= 0.6 is 0 Å². The highest BCUT2D eigenvalue weighted by Gasteiger charge is 2.32. The molecule has 0 atom stereocenters. The summed E-state index contributed by atoms with van der Waals surface area (Å²) < 4.78 is 4.50. The Kier molecular flexibility index (Phi) is 4.88. The number of rotatable bonds is 5. The van der Waals surface area contributed by atoms with Crippen molar-refractivity contribution < 1.29 is 19.1 Å². The van der Waals surface area contributed by atoms with E-state index in [0.717, 1.165) is 42.1 Å². The van der Waals surface area contributed by atoms with E-state index < -0.39 is 11.8 Å². The van der Waals surface area contributed by atoms with Crippen molar-refractivity contribution in [3.63, 3.8) is 0 Å². The molecule has 6 heteroatoms. The molecular formula is C19H22N2O4. The first-order chi connectivity index (χ1) is 12.0. The van der Waals surface area contributed by atoms with Crippen molar-refractivity contribution in [1.82, 2.24) is 9.88 Å². The summed E-state index contributed by atoms with van der Waals surface area (Å²) in [7, 11) is 1.17. The van der Waals surface area contributed by atoms with Crippen LogP contribution in [0.4, 0.5) is 0 Å². The van der Waals surface area contributed by atoms with Gasteiger partial charge >= 0.3 is 5.97 Å². The van der Waals surface area contributed by atoms with Crippen molar-refractivity contribution in [3.05, 3.63) is 35.5 Å². The van der Waals surface area contributed by atoms with Crippen molar-refractivity contribution in [3.8, 4) is 0 Å². The highest BCUT2D eigenvalue weighted by atomic mass is 16.5. The summed E-state index contributed by atoms with van der Waals surface area (Å²) in [6.07, 6.45) is 3.73. The maximum atomic E-state index is 13.2. The number of methoxy groups -OCH3 is 1. The average molecular weight is 342 g/mol. The molecule has 1 fully saturated rings. The summed E-state index contributed by atoms with van der Waals surface area (Å²) in [4.78, 5) is 41.4. The third kappa shape index (κ3) is 3.29. The van der Waals surface area contributed by atoms with Gasteiger partial charge < -0.3 is 14.6 Å². The first-order valence-electron chi connectivity index (χ1n) is 8.52. The van der Waals surface area contributed by atoms with Crippen LogP contribution < -0.4 is 0 Å². The van der Waals surface area contributed by atoms with Gasteiger partial charge in [0.25, 0.3) is 11.7 Å². The van der Waals surface area contributed by atoms with Crippen molar-refractivity contribution in [1.29, 1.82) is 0 Å². The van der Waals surface area contributed by atoms with E-state index in [0.29, 0.717) is 5.69 Å². The molecule has 1 aromatic heterocycles. The molecule has 1 saturated carbocycles. The van der Waals surface area contributed by atoms with Crippen molar-refractivity contribution >= 4 is 28.6 Å². The average Bonchev–Trinajstić information content (AvgIpc) is 3.27. The smallest absolute Gasteiger partial charge is 0.376 e. The predicted molar refractivity (Wildman–Crippen MR) is 93.4 cm³/mol. The van der Waals surface area contributed by atoms with Crippen LogP contribution in [0.2, 0.25) is 0 Å². The van der Waals surface area contributed by atoms with E-state index in [-0.39, 0.29) is 18.5 Å². The molecule has 0 spiro atoms. The van der Waals surface area contributed by atoms with Gasteiger partial charge in [0.05, 0.1) is 13.7 Å². The summed E-state index contributed by atoms with van der Waals surface area (Å²) in [6, 6.07) is 7.68. The summed E-state index contributed by atoms with van der Waals surface area (Å²) >= 11 is 0. The summed E-state index contributed by atoms with van der Waals surface area (Å²) in [5.74, 6) is -1.85. The quantitative estimate of drug-likeness (QED) is 0.669. The van der Waals surface area contributed by atoms with E-state index in [4.69, 9.17) is 0 Å². The normalized spacial score (nSPS) is 14.6. The van der Waals surface area contributed by atoms with Crippen molar-refractivity contribution in [2.24, 2.45) is 0 Å². The molecule has 0 radical (unpaired) electrons. The second kappa shape index (κ2) is 7.09. The fourth-order valence-electron chi connectivity index (χ4n) is 3.56. The fourth-order valence-corrected chi connectivity index (χ4v) is 3.56. The predicted octanol–water partition coefficient (Wildman–Crippen LogP) is 2.60. The Labute approximate surface area is 146 Å². The van der Waals surface area contributed by atoms with Crippen molar-refractivity contribution in [2.45, 2.75) is 38.6 Å². The van der Waals surface area contributed by atoms with Gasteiger partial charge in [0.15, 0.2) is 0 Å². The number of Topliss-reactive ketones (excluding diaryl/α,β-unsaturated/α-hetero) is 1. The first kappa shape index (κ1) is 17.2. The number of ketones is 1. The number of fused-ring (bicyclic) bond motifs is 1. The molecule has 0 saturated heterocycles. The van der Waals surface area contributed by atoms with Gasteiger partial charge in [-0.25, -0.2) is 4.79 Å². The van der Waals surface area contributed by atoms with E-state index >= 15 is 0 Å². The first-order valence-corrected chi connectivity index (χ1v) is 8.52. The lowest BCUT2D eigenvalue weighted by molar-refractivity contribution is -0.152. The van der Waals surface area contributed by atoms with E-state index in [1.807, 2.05) is 31.2 Å². The molecular weight excluding hydrogens is 320 g/mol. The van der Waals surface area contributed by atoms with Crippen LogP contribution in [-0.2, 0) is 14.3 Å². The van der Waals surface area contributed by atoms with E-state index in [2.05, 4.69) is 9.72 Å². The molecule has 1 heterocycles. The number of esters is 1. The lowest BCUT2D eigenvalue weighted by atomic mass is 10.1. The molecule has 1 aliphatic carbocycles. The van der Waals surface area contributed by atoms with Gasteiger partial charge in [-0.05, 0) is 31.4 Å². The highest BCUT2D eigenvalue weighted by Crippen LogP contribution is 2.27. The number of ether oxygens (including phenoxy) is 1. The number of benzene rings is 1. The van der Waals surface area contributed by atoms with Gasteiger partial charge in [0, 0.05) is 16.9 Å².